The van der Waals surface area contributed by atoms with E-state index in [9.17, 15) is 13.0 Å². The maximum atomic E-state index is 12.9. The van der Waals surface area contributed by atoms with Crippen LogP contribution < -0.4 is 0 Å². The van der Waals surface area contributed by atoms with Gasteiger partial charge in [0.05, 0.1) is 0 Å². The number of rotatable bonds is 1. The van der Waals surface area contributed by atoms with E-state index in [0.717, 1.165) is 10.8 Å². The molecule has 0 amide bonds. The van der Waals surface area contributed by atoms with Crippen molar-refractivity contribution in [3.8, 4) is 45.6 Å². The summed E-state index contributed by atoms with van der Waals surface area (Å²) >= 11 is 0. The molecule has 1 radical (unpaired) electrons. The Labute approximate surface area is 264 Å². The molecule has 0 saturated heterocycles. The number of hydrogen-bond acceptors (Lipinski definition) is 9. The summed E-state index contributed by atoms with van der Waals surface area (Å²) < 4.78 is 39.5. The molecule has 0 aliphatic carbocycles. The number of H-pyrrole nitrogens is 1. The summed E-state index contributed by atoms with van der Waals surface area (Å²) in [6.07, 6.45) is 0. The number of hydrogen-bond donors (Lipinski definition) is 1. The third kappa shape index (κ3) is 4.09. The molecule has 8 bridgehead atoms. The zero-order chi connectivity index (χ0) is 29.6. The SMILES string of the molecule is O=S(=O)([O-])n1c2nc3nc(nc4[nH]c(nc5nc(nc1c1ccccc12)-c1ccccc1-5)c1ccccc41)-c1ccccc1-3.[Co]. The van der Waals surface area contributed by atoms with E-state index in [-0.39, 0.29) is 39.7 Å². The van der Waals surface area contributed by atoms with Gasteiger partial charge in [-0.05, 0) is 0 Å². The molecule has 0 saturated carbocycles. The van der Waals surface area contributed by atoms with E-state index in [2.05, 4.69) is 4.98 Å². The van der Waals surface area contributed by atoms with Crippen LogP contribution >= 0.6 is 0 Å². The summed E-state index contributed by atoms with van der Waals surface area (Å²) in [6, 6.07) is 29.4. The predicted molar refractivity (Wildman–Crippen MR) is 165 cm³/mol. The van der Waals surface area contributed by atoms with Gasteiger partial charge < -0.3 is 9.54 Å². The quantitative estimate of drug-likeness (QED) is 0.222. The Bertz CT molecular complexity index is 2510. The molecule has 1 N–H and O–H groups in total. The minimum absolute atomic E-state index is 0. The standard InChI is InChI=1S/C32H18N8O3S.Co/c41-44(42,43)40-31-23-15-7-8-16-24(23)32(40)39-30-22-14-6-4-12-20(22)28(37-30)35-26-18-10-2-1-9-17(18)25(33-26)34-27-19-11-3-5-13-21(19)29(36-27)38-31;/h1-16H,(H,41,42,43)(H,33,34,35,36,37,38,39);/p-1. The minimum atomic E-state index is -5.15. The summed E-state index contributed by atoms with van der Waals surface area (Å²) in [6.45, 7) is 0. The second-order valence-electron chi connectivity index (χ2n) is 10.3. The first-order chi connectivity index (χ1) is 21.4. The van der Waals surface area contributed by atoms with Crippen LogP contribution in [0.25, 0.3) is 89.7 Å². The normalized spacial score (nSPS) is 12.1. The minimum Gasteiger partial charge on any atom is -0.730 e. The summed E-state index contributed by atoms with van der Waals surface area (Å²) in [5, 5.41) is 2.51. The van der Waals surface area contributed by atoms with Crippen molar-refractivity contribution in [3.05, 3.63) is 97.1 Å². The summed E-state index contributed by atoms with van der Waals surface area (Å²) in [5.41, 5.74) is 3.57. The zero-order valence-electron chi connectivity index (χ0n) is 22.8. The second kappa shape index (κ2) is 9.83. The van der Waals surface area contributed by atoms with Crippen LogP contribution in [-0.4, -0.2) is 51.8 Å². The third-order valence-electron chi connectivity index (χ3n) is 7.79. The molecule has 45 heavy (non-hydrogen) atoms. The first-order valence-electron chi connectivity index (χ1n) is 13.6. The van der Waals surface area contributed by atoms with Crippen molar-refractivity contribution in [2.24, 2.45) is 0 Å². The van der Waals surface area contributed by atoms with Crippen LogP contribution in [-0.2, 0) is 27.1 Å². The van der Waals surface area contributed by atoms with Crippen molar-refractivity contribution in [2.45, 2.75) is 0 Å². The third-order valence-corrected chi connectivity index (χ3v) is 8.58. The van der Waals surface area contributed by atoms with Gasteiger partial charge in [-0.15, -0.1) is 0 Å². The zero-order valence-corrected chi connectivity index (χ0v) is 24.7. The van der Waals surface area contributed by atoms with Crippen LogP contribution in [0, 0.1) is 0 Å². The molecule has 2 aliphatic rings. The molecular formula is C32H17CoN8O3S-. The van der Waals surface area contributed by atoms with Crippen LogP contribution in [0.4, 0.5) is 0 Å². The average Bonchev–Trinajstić information content (AvgIpc) is 3.75. The van der Waals surface area contributed by atoms with Gasteiger partial charge in [-0.2, -0.15) is 0 Å². The van der Waals surface area contributed by atoms with Crippen molar-refractivity contribution >= 4 is 54.4 Å². The van der Waals surface area contributed by atoms with Crippen LogP contribution in [0.3, 0.4) is 0 Å². The molecule has 9 rings (SSSR count). The summed E-state index contributed by atoms with van der Waals surface area (Å²) in [5.74, 6) is 1.18. The van der Waals surface area contributed by atoms with Gasteiger partial charge in [0.25, 0.3) is 0 Å². The summed E-state index contributed by atoms with van der Waals surface area (Å²) in [7, 11) is -5.15. The fraction of sp³-hybridized carbons (Fsp3) is 0. The van der Waals surface area contributed by atoms with Crippen LogP contribution in [0.5, 0.6) is 0 Å². The van der Waals surface area contributed by atoms with Crippen LogP contribution in [0.1, 0.15) is 0 Å². The van der Waals surface area contributed by atoms with Gasteiger partial charge >= 0.3 is 0 Å². The van der Waals surface area contributed by atoms with Gasteiger partial charge in [0.1, 0.15) is 11.3 Å². The number of nitrogens with zero attached hydrogens (tertiary/aromatic N) is 7. The Morgan fingerprint density at radius 1 is 0.489 bits per heavy atom. The van der Waals surface area contributed by atoms with Crippen molar-refractivity contribution in [1.29, 1.82) is 0 Å². The number of aromatic nitrogens is 8. The molecule has 5 heterocycles. The number of aromatic amines is 1. The average molecular weight is 653 g/mol. The van der Waals surface area contributed by atoms with Crippen LogP contribution in [0.2, 0.25) is 0 Å². The van der Waals surface area contributed by atoms with E-state index in [1.54, 1.807) is 24.3 Å². The second-order valence-corrected chi connectivity index (χ2v) is 11.6. The van der Waals surface area contributed by atoms with E-state index < -0.39 is 10.3 Å². The van der Waals surface area contributed by atoms with E-state index in [1.807, 2.05) is 72.8 Å². The first-order valence-corrected chi connectivity index (χ1v) is 15.0. The Balaban J connectivity index is 0.00000300. The largest absolute Gasteiger partial charge is 0.730 e. The van der Waals surface area contributed by atoms with E-state index in [4.69, 9.17) is 29.9 Å². The molecule has 0 spiro atoms. The van der Waals surface area contributed by atoms with Gasteiger partial charge in [0.2, 0.25) is 0 Å². The molecule has 219 valence electrons. The Morgan fingerprint density at radius 3 is 1.20 bits per heavy atom. The van der Waals surface area contributed by atoms with Gasteiger partial charge in [0, 0.05) is 60.6 Å². The maximum absolute atomic E-state index is 12.9. The molecule has 11 nitrogen and oxygen atoms in total. The Morgan fingerprint density at radius 2 is 0.822 bits per heavy atom. The molecule has 0 unspecified atom stereocenters. The molecule has 4 aromatic carbocycles. The Kier molecular flexibility index (Phi) is 5.95. The van der Waals surface area contributed by atoms with Crippen molar-refractivity contribution in [3.63, 3.8) is 0 Å². The number of fused-ring (bicyclic) bond motifs is 20. The fourth-order valence-corrected chi connectivity index (χ4v) is 6.58. The van der Waals surface area contributed by atoms with Gasteiger partial charge in [-0.25, -0.2) is 42.3 Å². The molecule has 2 aliphatic heterocycles. The molecule has 3 aromatic heterocycles. The topological polar surface area (TPSA) is 155 Å². The Hall–Kier alpha value is -5.34. The monoisotopic (exact) mass is 652 g/mol. The van der Waals surface area contributed by atoms with E-state index >= 15 is 0 Å². The van der Waals surface area contributed by atoms with Gasteiger partial charge in [-0.1, -0.05) is 97.1 Å². The van der Waals surface area contributed by atoms with Gasteiger partial charge in [-0.3, -0.25) is 0 Å². The first kappa shape index (κ1) is 27.2. The van der Waals surface area contributed by atoms with Gasteiger partial charge in [0.15, 0.2) is 44.9 Å². The summed E-state index contributed by atoms with van der Waals surface area (Å²) in [4.78, 5) is 32.1. The van der Waals surface area contributed by atoms with E-state index in [1.165, 1.54) is 0 Å². The predicted octanol–water partition coefficient (Wildman–Crippen LogP) is 5.65. The fourth-order valence-electron chi connectivity index (χ4n) is 5.88. The molecular weight excluding hydrogens is 635 g/mol. The number of benzene rings is 4. The molecule has 0 fully saturated rings. The van der Waals surface area contributed by atoms with Crippen LogP contribution in [0.15, 0.2) is 97.1 Å². The maximum Gasteiger partial charge on any atom is 0.191 e. The molecule has 0 atom stereocenters. The van der Waals surface area contributed by atoms with Crippen molar-refractivity contribution in [1.82, 2.24) is 38.9 Å². The van der Waals surface area contributed by atoms with E-state index in [0.29, 0.717) is 59.9 Å². The molecule has 13 heteroatoms. The smallest absolute Gasteiger partial charge is 0.191 e. The van der Waals surface area contributed by atoms with Crippen molar-refractivity contribution < 1.29 is 29.7 Å². The number of nitrogens with one attached hydrogen (secondary N) is 1. The van der Waals surface area contributed by atoms with Crippen molar-refractivity contribution in [2.75, 3.05) is 0 Å². The molecule has 7 aromatic rings.